The van der Waals surface area contributed by atoms with Gasteiger partial charge < -0.3 is 10.5 Å². The highest BCUT2D eigenvalue weighted by molar-refractivity contribution is 4.68. The summed E-state index contributed by atoms with van der Waals surface area (Å²) in [6, 6.07) is 0.302. The van der Waals surface area contributed by atoms with Crippen LogP contribution in [0.25, 0.3) is 0 Å². The Labute approximate surface area is 75.8 Å². The highest BCUT2D eigenvalue weighted by Crippen LogP contribution is 2.02. The first-order chi connectivity index (χ1) is 5.81. The third kappa shape index (κ3) is 7.76. The second-order valence-corrected chi connectivity index (χ2v) is 2.97. The number of nitrogens with two attached hydrogens (primary N) is 1. The average molecular weight is 171 g/mol. The first-order valence-corrected chi connectivity index (χ1v) is 4.75. The smallest absolute Gasteiger partial charge is 0.0480 e. The molecule has 0 aromatic heterocycles. The van der Waals surface area contributed by atoms with Gasteiger partial charge in [0, 0.05) is 19.3 Å². The molecule has 72 valence electrons. The van der Waals surface area contributed by atoms with Crippen LogP contribution in [0.15, 0.2) is 12.7 Å². The molecule has 0 aliphatic heterocycles. The summed E-state index contributed by atoms with van der Waals surface area (Å²) in [5, 5.41) is 0. The number of unbranched alkanes of at least 4 members (excludes halogenated alkanes) is 1. The summed E-state index contributed by atoms with van der Waals surface area (Å²) in [5.41, 5.74) is 5.84. The summed E-state index contributed by atoms with van der Waals surface area (Å²) >= 11 is 0. The minimum atomic E-state index is 0.302. The molecule has 0 saturated heterocycles. The molecule has 0 saturated carbocycles. The zero-order chi connectivity index (χ0) is 9.23. The predicted octanol–water partition coefficient (Wildman–Crippen LogP) is 2.10. The molecule has 0 amide bonds. The second kappa shape index (κ2) is 8.75. The Hall–Kier alpha value is -0.340. The summed E-state index contributed by atoms with van der Waals surface area (Å²) in [6.07, 6.45) is 6.22. The van der Waals surface area contributed by atoms with Crippen LogP contribution in [0, 0.1) is 0 Å². The van der Waals surface area contributed by atoms with Gasteiger partial charge in [0.05, 0.1) is 0 Å². The molecule has 0 radical (unpaired) electrons. The van der Waals surface area contributed by atoms with Gasteiger partial charge >= 0.3 is 0 Å². The monoisotopic (exact) mass is 171 g/mol. The van der Waals surface area contributed by atoms with Gasteiger partial charge in [-0.15, -0.1) is 6.58 Å². The zero-order valence-corrected chi connectivity index (χ0v) is 8.09. The molecule has 0 aromatic rings. The van der Waals surface area contributed by atoms with Crippen LogP contribution in [0.4, 0.5) is 0 Å². The fourth-order valence-electron chi connectivity index (χ4n) is 1.05. The predicted molar refractivity (Wildman–Crippen MR) is 53.1 cm³/mol. The lowest BCUT2D eigenvalue weighted by molar-refractivity contribution is 0.139. The number of rotatable bonds is 8. The lowest BCUT2D eigenvalue weighted by atomic mass is 10.1. The van der Waals surface area contributed by atoms with Crippen LogP contribution >= 0.6 is 0 Å². The highest BCUT2D eigenvalue weighted by Gasteiger charge is 2.00. The Bertz CT molecular complexity index is 104. The Morgan fingerprint density at radius 3 is 2.83 bits per heavy atom. The van der Waals surface area contributed by atoms with Crippen molar-refractivity contribution in [1.82, 2.24) is 0 Å². The van der Waals surface area contributed by atoms with E-state index < -0.39 is 0 Å². The minimum absolute atomic E-state index is 0.302. The topological polar surface area (TPSA) is 35.2 Å². The lowest BCUT2D eigenvalue weighted by Gasteiger charge is -2.09. The van der Waals surface area contributed by atoms with E-state index in [-0.39, 0.29) is 0 Å². The van der Waals surface area contributed by atoms with Crippen molar-refractivity contribution in [2.24, 2.45) is 5.73 Å². The van der Waals surface area contributed by atoms with Gasteiger partial charge in [0.15, 0.2) is 0 Å². The Balaban J connectivity index is 3.09. The highest BCUT2D eigenvalue weighted by atomic mass is 16.5. The van der Waals surface area contributed by atoms with Crippen LogP contribution in [0.1, 0.15) is 32.6 Å². The van der Waals surface area contributed by atoms with Gasteiger partial charge in [0.25, 0.3) is 0 Å². The molecule has 0 aliphatic rings. The summed E-state index contributed by atoms with van der Waals surface area (Å²) in [7, 11) is 0. The summed E-state index contributed by atoms with van der Waals surface area (Å²) < 4.78 is 5.21. The van der Waals surface area contributed by atoms with Gasteiger partial charge in [-0.05, 0) is 32.6 Å². The van der Waals surface area contributed by atoms with Crippen molar-refractivity contribution in [2.75, 3.05) is 13.2 Å². The molecule has 0 aliphatic carbocycles. The van der Waals surface area contributed by atoms with Gasteiger partial charge in [-0.1, -0.05) is 6.08 Å². The van der Waals surface area contributed by atoms with Crippen molar-refractivity contribution < 1.29 is 4.74 Å². The average Bonchev–Trinajstić information content (AvgIpc) is 2.06. The molecule has 0 aromatic carbocycles. The second-order valence-electron chi connectivity index (χ2n) is 2.97. The van der Waals surface area contributed by atoms with Crippen molar-refractivity contribution in [3.8, 4) is 0 Å². The van der Waals surface area contributed by atoms with Gasteiger partial charge in [0.1, 0.15) is 0 Å². The molecule has 1 atom stereocenters. The maximum absolute atomic E-state index is 5.84. The van der Waals surface area contributed by atoms with Crippen LogP contribution in [0.5, 0.6) is 0 Å². The third-order valence-electron chi connectivity index (χ3n) is 1.82. The van der Waals surface area contributed by atoms with Crippen LogP contribution in [0.2, 0.25) is 0 Å². The fourth-order valence-corrected chi connectivity index (χ4v) is 1.05. The quantitative estimate of drug-likeness (QED) is 0.448. The van der Waals surface area contributed by atoms with Gasteiger partial charge in [-0.25, -0.2) is 0 Å². The van der Waals surface area contributed by atoms with E-state index in [1.54, 1.807) is 0 Å². The number of ether oxygens (including phenoxy) is 1. The first-order valence-electron chi connectivity index (χ1n) is 4.75. The van der Waals surface area contributed by atoms with Crippen LogP contribution in [0.3, 0.4) is 0 Å². The molecule has 0 heterocycles. The van der Waals surface area contributed by atoms with Crippen molar-refractivity contribution in [2.45, 2.75) is 38.6 Å². The standard InChI is InChI=1S/C10H21NO/c1-3-5-6-7-10(11)8-9-12-4-2/h3,10H,1,4-9,11H2,2H3. The number of allylic oxidation sites excluding steroid dienone is 1. The Morgan fingerprint density at radius 1 is 1.50 bits per heavy atom. The van der Waals surface area contributed by atoms with E-state index in [0.717, 1.165) is 38.9 Å². The van der Waals surface area contributed by atoms with Gasteiger partial charge in [0.2, 0.25) is 0 Å². The molecule has 0 spiro atoms. The van der Waals surface area contributed by atoms with E-state index in [9.17, 15) is 0 Å². The maximum Gasteiger partial charge on any atom is 0.0480 e. The number of hydrogen-bond acceptors (Lipinski definition) is 2. The van der Waals surface area contributed by atoms with Crippen LogP contribution in [-0.2, 0) is 4.74 Å². The molecule has 2 heteroatoms. The number of hydrogen-bond donors (Lipinski definition) is 1. The molecule has 12 heavy (non-hydrogen) atoms. The first kappa shape index (κ1) is 11.7. The largest absolute Gasteiger partial charge is 0.382 e. The van der Waals surface area contributed by atoms with Gasteiger partial charge in [-0.2, -0.15) is 0 Å². The summed E-state index contributed by atoms with van der Waals surface area (Å²) in [4.78, 5) is 0. The summed E-state index contributed by atoms with van der Waals surface area (Å²) in [6.45, 7) is 7.26. The minimum Gasteiger partial charge on any atom is -0.382 e. The molecule has 1 unspecified atom stereocenters. The van der Waals surface area contributed by atoms with Crippen LogP contribution in [-0.4, -0.2) is 19.3 Å². The fraction of sp³-hybridized carbons (Fsp3) is 0.800. The molecular weight excluding hydrogens is 150 g/mol. The van der Waals surface area contributed by atoms with E-state index in [1.807, 2.05) is 13.0 Å². The van der Waals surface area contributed by atoms with Crippen molar-refractivity contribution in [3.63, 3.8) is 0 Å². The Kier molecular flexibility index (Phi) is 8.51. The van der Waals surface area contributed by atoms with Crippen LogP contribution < -0.4 is 5.73 Å². The molecule has 2 N–H and O–H groups in total. The molecule has 0 fully saturated rings. The van der Waals surface area contributed by atoms with E-state index in [1.165, 1.54) is 0 Å². The molecule has 2 nitrogen and oxygen atoms in total. The van der Waals surface area contributed by atoms with Crippen molar-refractivity contribution in [3.05, 3.63) is 12.7 Å². The molecule has 0 bridgehead atoms. The van der Waals surface area contributed by atoms with E-state index >= 15 is 0 Å². The third-order valence-corrected chi connectivity index (χ3v) is 1.82. The lowest BCUT2D eigenvalue weighted by Crippen LogP contribution is -2.21. The van der Waals surface area contributed by atoms with Crippen molar-refractivity contribution >= 4 is 0 Å². The SMILES string of the molecule is C=CCCCC(N)CCOCC. The van der Waals surface area contributed by atoms with E-state index in [0.29, 0.717) is 6.04 Å². The zero-order valence-electron chi connectivity index (χ0n) is 8.09. The maximum atomic E-state index is 5.84. The molecular formula is C10H21NO. The molecule has 0 rings (SSSR count). The Morgan fingerprint density at radius 2 is 2.25 bits per heavy atom. The normalized spacial score (nSPS) is 12.8. The summed E-state index contributed by atoms with van der Waals surface area (Å²) in [5.74, 6) is 0. The van der Waals surface area contributed by atoms with E-state index in [4.69, 9.17) is 10.5 Å². The van der Waals surface area contributed by atoms with Crippen molar-refractivity contribution in [1.29, 1.82) is 0 Å². The van der Waals surface area contributed by atoms with E-state index in [2.05, 4.69) is 6.58 Å². The van der Waals surface area contributed by atoms with Gasteiger partial charge in [-0.3, -0.25) is 0 Å².